The maximum absolute atomic E-state index is 13.3. The summed E-state index contributed by atoms with van der Waals surface area (Å²) in [5.41, 5.74) is 0.558. The highest BCUT2D eigenvalue weighted by atomic mass is 35.5. The SMILES string of the molecule is COc1ccc(C(=O)N2CC(c3ccc(Cl)c(Cl)c3)C(C(C)Oc3ccc(C(F)(F)F)cc3)C2)cn1. The molecule has 5 nitrogen and oxygen atoms in total. The smallest absolute Gasteiger partial charge is 0.416 e. The second kappa shape index (κ2) is 10.6. The Labute approximate surface area is 216 Å². The molecule has 10 heteroatoms. The van der Waals surface area contributed by atoms with Crippen molar-refractivity contribution in [1.29, 1.82) is 0 Å². The second-order valence-electron chi connectivity index (χ2n) is 8.59. The molecule has 0 radical (unpaired) electrons. The maximum atomic E-state index is 13.3. The molecular weight excluding hydrogens is 516 g/mol. The first kappa shape index (κ1) is 26.1. The first-order valence-electron chi connectivity index (χ1n) is 11.1. The molecule has 1 aliphatic heterocycles. The van der Waals surface area contributed by atoms with E-state index in [0.717, 1.165) is 17.7 Å². The van der Waals surface area contributed by atoms with Crippen molar-refractivity contribution >= 4 is 29.1 Å². The number of methoxy groups -OCH3 is 1. The molecule has 1 aliphatic rings. The highest BCUT2D eigenvalue weighted by Gasteiger charge is 2.40. The summed E-state index contributed by atoms with van der Waals surface area (Å²) in [6, 6.07) is 13.2. The van der Waals surface area contributed by atoms with E-state index in [4.69, 9.17) is 32.7 Å². The van der Waals surface area contributed by atoms with Gasteiger partial charge in [0.05, 0.1) is 28.3 Å². The highest BCUT2D eigenvalue weighted by Crippen LogP contribution is 2.39. The standard InChI is InChI=1S/C26H23Cl2F3N2O3/c1-15(36-19-7-5-18(6-8-19)26(29,30)31)20-13-33(25(34)17-4-10-24(35-2)32-12-17)14-21(20)16-3-9-22(27)23(28)11-16/h3-12,15,20-21H,13-14H2,1-2H3. The minimum Gasteiger partial charge on any atom is -0.490 e. The third-order valence-corrected chi connectivity index (χ3v) is 7.06. The van der Waals surface area contributed by atoms with Gasteiger partial charge in [-0.05, 0) is 55.0 Å². The van der Waals surface area contributed by atoms with Crippen LogP contribution in [0.2, 0.25) is 10.0 Å². The lowest BCUT2D eigenvalue weighted by Crippen LogP contribution is -2.32. The van der Waals surface area contributed by atoms with Crippen LogP contribution in [0.5, 0.6) is 11.6 Å². The van der Waals surface area contributed by atoms with Gasteiger partial charge in [-0.25, -0.2) is 4.98 Å². The monoisotopic (exact) mass is 538 g/mol. The summed E-state index contributed by atoms with van der Waals surface area (Å²) in [4.78, 5) is 19.1. The number of hydrogen-bond acceptors (Lipinski definition) is 4. The molecular formula is C26H23Cl2F3N2O3. The van der Waals surface area contributed by atoms with Gasteiger partial charge >= 0.3 is 6.18 Å². The van der Waals surface area contributed by atoms with Gasteiger partial charge < -0.3 is 14.4 Å². The van der Waals surface area contributed by atoms with Crippen LogP contribution in [-0.2, 0) is 6.18 Å². The van der Waals surface area contributed by atoms with E-state index in [2.05, 4.69) is 4.98 Å². The molecule has 190 valence electrons. The Kier molecular flexibility index (Phi) is 7.66. The molecule has 0 aliphatic carbocycles. The average Bonchev–Trinajstić information content (AvgIpc) is 3.31. The van der Waals surface area contributed by atoms with Crippen LogP contribution >= 0.6 is 23.2 Å². The number of benzene rings is 2. The highest BCUT2D eigenvalue weighted by molar-refractivity contribution is 6.42. The molecule has 0 saturated carbocycles. The zero-order valence-electron chi connectivity index (χ0n) is 19.4. The summed E-state index contributed by atoms with van der Waals surface area (Å²) in [7, 11) is 1.49. The second-order valence-corrected chi connectivity index (χ2v) is 9.40. The van der Waals surface area contributed by atoms with Crippen LogP contribution in [0, 0.1) is 5.92 Å². The Bertz CT molecular complexity index is 1220. The number of carbonyl (C=O) groups is 1. The number of amides is 1. The third kappa shape index (κ3) is 5.71. The summed E-state index contributed by atoms with van der Waals surface area (Å²) in [6.07, 6.45) is -3.38. The fourth-order valence-electron chi connectivity index (χ4n) is 4.40. The molecule has 1 amide bonds. The fraction of sp³-hybridized carbons (Fsp3) is 0.308. The van der Waals surface area contributed by atoms with Gasteiger partial charge in [0.25, 0.3) is 5.91 Å². The third-order valence-electron chi connectivity index (χ3n) is 6.32. The van der Waals surface area contributed by atoms with E-state index >= 15 is 0 Å². The fourth-order valence-corrected chi connectivity index (χ4v) is 4.71. The topological polar surface area (TPSA) is 51.7 Å². The summed E-state index contributed by atoms with van der Waals surface area (Å²) >= 11 is 12.4. The maximum Gasteiger partial charge on any atom is 0.416 e. The van der Waals surface area contributed by atoms with Crippen LogP contribution in [0.3, 0.4) is 0 Å². The van der Waals surface area contributed by atoms with Crippen LogP contribution in [0.1, 0.15) is 34.3 Å². The molecule has 0 bridgehead atoms. The van der Waals surface area contributed by atoms with Crippen molar-refractivity contribution in [3.8, 4) is 11.6 Å². The Morgan fingerprint density at radius 3 is 2.36 bits per heavy atom. The van der Waals surface area contributed by atoms with Crippen molar-refractivity contribution in [3.05, 3.63) is 87.5 Å². The van der Waals surface area contributed by atoms with Gasteiger partial charge in [0.1, 0.15) is 11.9 Å². The number of pyridine rings is 1. The number of aromatic nitrogens is 1. The number of nitrogens with zero attached hydrogens (tertiary/aromatic N) is 2. The molecule has 0 spiro atoms. The molecule has 2 heterocycles. The van der Waals surface area contributed by atoms with Crippen molar-refractivity contribution in [1.82, 2.24) is 9.88 Å². The number of halogens is 5. The number of ether oxygens (including phenoxy) is 2. The van der Waals surface area contributed by atoms with Crippen LogP contribution in [0.4, 0.5) is 13.2 Å². The van der Waals surface area contributed by atoms with E-state index < -0.39 is 17.8 Å². The molecule has 0 N–H and O–H groups in total. The minimum absolute atomic E-state index is 0.139. The van der Waals surface area contributed by atoms with Gasteiger partial charge in [-0.3, -0.25) is 4.79 Å². The van der Waals surface area contributed by atoms with Crippen LogP contribution in [-0.4, -0.2) is 42.1 Å². The van der Waals surface area contributed by atoms with E-state index in [1.165, 1.54) is 25.4 Å². The zero-order chi connectivity index (χ0) is 26.0. The van der Waals surface area contributed by atoms with E-state index in [1.54, 1.807) is 29.2 Å². The Balaban J connectivity index is 1.58. The predicted octanol–water partition coefficient (Wildman–Crippen LogP) is 6.74. The van der Waals surface area contributed by atoms with Crippen molar-refractivity contribution in [2.24, 2.45) is 5.92 Å². The number of hydrogen-bond donors (Lipinski definition) is 0. The molecule has 36 heavy (non-hydrogen) atoms. The molecule has 1 saturated heterocycles. The van der Waals surface area contributed by atoms with Crippen molar-refractivity contribution < 1.29 is 27.4 Å². The summed E-state index contributed by atoms with van der Waals surface area (Å²) < 4.78 is 49.9. The van der Waals surface area contributed by atoms with Crippen LogP contribution < -0.4 is 9.47 Å². The quantitative estimate of drug-likeness (QED) is 0.348. The zero-order valence-corrected chi connectivity index (χ0v) is 20.9. The lowest BCUT2D eigenvalue weighted by molar-refractivity contribution is -0.137. The first-order chi connectivity index (χ1) is 17.1. The Morgan fingerprint density at radius 2 is 1.78 bits per heavy atom. The van der Waals surface area contributed by atoms with Crippen molar-refractivity contribution in [3.63, 3.8) is 0 Å². The first-order valence-corrected chi connectivity index (χ1v) is 11.9. The van der Waals surface area contributed by atoms with E-state index in [-0.39, 0.29) is 17.7 Å². The van der Waals surface area contributed by atoms with Gasteiger partial charge in [-0.2, -0.15) is 13.2 Å². The number of alkyl halides is 3. The largest absolute Gasteiger partial charge is 0.490 e. The van der Waals surface area contributed by atoms with Crippen LogP contribution in [0.25, 0.3) is 0 Å². The molecule has 3 atom stereocenters. The lowest BCUT2D eigenvalue weighted by Gasteiger charge is -2.26. The van der Waals surface area contributed by atoms with Gasteiger partial charge in [0.2, 0.25) is 5.88 Å². The van der Waals surface area contributed by atoms with Crippen LogP contribution in [0.15, 0.2) is 60.8 Å². The molecule has 2 aromatic carbocycles. The Morgan fingerprint density at radius 1 is 1.06 bits per heavy atom. The minimum atomic E-state index is -4.42. The van der Waals surface area contributed by atoms with Crippen molar-refractivity contribution in [2.45, 2.75) is 25.1 Å². The summed E-state index contributed by atoms with van der Waals surface area (Å²) in [6.45, 7) is 2.61. The van der Waals surface area contributed by atoms with Gasteiger partial charge in [0.15, 0.2) is 0 Å². The molecule has 1 fully saturated rings. The van der Waals surface area contributed by atoms with Crippen molar-refractivity contribution in [2.75, 3.05) is 20.2 Å². The molecule has 3 aromatic rings. The van der Waals surface area contributed by atoms with E-state index in [9.17, 15) is 18.0 Å². The number of carbonyl (C=O) groups excluding carboxylic acids is 1. The number of rotatable bonds is 6. The van der Waals surface area contributed by atoms with E-state index in [0.29, 0.717) is 40.3 Å². The number of likely N-dealkylation sites (tertiary alicyclic amines) is 1. The normalized spacial score (nSPS) is 18.7. The van der Waals surface area contributed by atoms with Gasteiger partial charge in [0, 0.05) is 37.2 Å². The molecule has 3 unspecified atom stereocenters. The van der Waals surface area contributed by atoms with Gasteiger partial charge in [-0.1, -0.05) is 29.3 Å². The average molecular weight is 539 g/mol. The molecule has 1 aromatic heterocycles. The predicted molar refractivity (Wildman–Crippen MR) is 131 cm³/mol. The molecule has 4 rings (SSSR count). The summed E-state index contributed by atoms with van der Waals surface area (Å²) in [5.74, 6) is 0.212. The summed E-state index contributed by atoms with van der Waals surface area (Å²) in [5, 5.41) is 0.814. The Hall–Kier alpha value is -2.97. The van der Waals surface area contributed by atoms with Gasteiger partial charge in [-0.15, -0.1) is 0 Å². The van der Waals surface area contributed by atoms with E-state index in [1.807, 2.05) is 13.0 Å². The lowest BCUT2D eigenvalue weighted by atomic mass is 9.85.